The van der Waals surface area contributed by atoms with E-state index < -0.39 is 0 Å². The Morgan fingerprint density at radius 1 is 1.12 bits per heavy atom. The van der Waals surface area contributed by atoms with E-state index in [0.29, 0.717) is 6.04 Å². The zero-order valence-corrected chi connectivity index (χ0v) is 14.1. The molecule has 0 amide bonds. The average molecular weight is 319 g/mol. The van der Waals surface area contributed by atoms with Crippen LogP contribution in [0.15, 0.2) is 48.8 Å². The molecule has 0 bridgehead atoms. The molecule has 0 aliphatic heterocycles. The number of aryl methyl sites for hydroxylation is 2. The lowest BCUT2D eigenvalue weighted by Crippen LogP contribution is -2.26. The third-order valence-electron chi connectivity index (χ3n) is 4.31. The molecule has 5 heteroatoms. The first-order valence-electron chi connectivity index (χ1n) is 8.37. The normalized spacial score (nSPS) is 13.9. The van der Waals surface area contributed by atoms with Gasteiger partial charge in [0.2, 0.25) is 0 Å². The standard InChI is InChI=1S/C19H21N5/c1-14-10-15(2)24(22-14)19-12-20-11-18(21-19)23(17-8-9-17)13-16-6-4-3-5-7-16/h3-7,10-12,17H,8-9,13H2,1-2H3. The van der Waals surface area contributed by atoms with Crippen LogP contribution < -0.4 is 4.90 Å². The Morgan fingerprint density at radius 3 is 2.58 bits per heavy atom. The molecule has 1 saturated carbocycles. The van der Waals surface area contributed by atoms with Crippen molar-refractivity contribution in [2.75, 3.05) is 4.90 Å². The molecule has 0 atom stereocenters. The minimum absolute atomic E-state index is 0.565. The molecule has 2 aromatic heterocycles. The molecule has 1 aromatic carbocycles. The van der Waals surface area contributed by atoms with E-state index in [1.807, 2.05) is 30.8 Å². The summed E-state index contributed by atoms with van der Waals surface area (Å²) in [5.41, 5.74) is 3.35. The van der Waals surface area contributed by atoms with Gasteiger partial charge in [0.25, 0.3) is 0 Å². The number of anilines is 1. The van der Waals surface area contributed by atoms with Crippen molar-refractivity contribution in [1.29, 1.82) is 0 Å². The van der Waals surface area contributed by atoms with Gasteiger partial charge in [-0.05, 0) is 38.3 Å². The molecule has 3 aromatic rings. The van der Waals surface area contributed by atoms with Gasteiger partial charge in [0.15, 0.2) is 5.82 Å². The maximum absolute atomic E-state index is 4.84. The fourth-order valence-electron chi connectivity index (χ4n) is 3.01. The lowest BCUT2D eigenvalue weighted by atomic mass is 10.2. The highest BCUT2D eigenvalue weighted by Gasteiger charge is 2.30. The molecule has 5 nitrogen and oxygen atoms in total. The highest BCUT2D eigenvalue weighted by atomic mass is 15.3. The number of aromatic nitrogens is 4. The number of nitrogens with zero attached hydrogens (tertiary/aromatic N) is 5. The van der Waals surface area contributed by atoms with Crippen LogP contribution in [0.4, 0.5) is 5.82 Å². The summed E-state index contributed by atoms with van der Waals surface area (Å²) < 4.78 is 1.86. The van der Waals surface area contributed by atoms with E-state index in [2.05, 4.69) is 45.3 Å². The van der Waals surface area contributed by atoms with Gasteiger partial charge in [-0.3, -0.25) is 4.98 Å². The molecule has 0 unspecified atom stereocenters. The van der Waals surface area contributed by atoms with Crippen LogP contribution >= 0.6 is 0 Å². The van der Waals surface area contributed by atoms with Gasteiger partial charge in [-0.1, -0.05) is 30.3 Å². The van der Waals surface area contributed by atoms with Crippen LogP contribution in [-0.4, -0.2) is 25.8 Å². The predicted molar refractivity (Wildman–Crippen MR) is 94.3 cm³/mol. The molecular formula is C19H21N5. The maximum atomic E-state index is 4.84. The largest absolute Gasteiger partial charge is 0.348 e. The fraction of sp³-hybridized carbons (Fsp3) is 0.316. The van der Waals surface area contributed by atoms with Gasteiger partial charge < -0.3 is 4.90 Å². The van der Waals surface area contributed by atoms with Crippen molar-refractivity contribution < 1.29 is 0 Å². The molecular weight excluding hydrogens is 298 g/mol. The third-order valence-corrected chi connectivity index (χ3v) is 4.31. The minimum Gasteiger partial charge on any atom is -0.348 e. The molecule has 0 spiro atoms. The fourth-order valence-corrected chi connectivity index (χ4v) is 3.01. The average Bonchev–Trinajstić information content (AvgIpc) is 3.38. The van der Waals surface area contributed by atoms with Crippen LogP contribution in [0.25, 0.3) is 5.82 Å². The van der Waals surface area contributed by atoms with Crippen molar-refractivity contribution >= 4 is 5.82 Å². The van der Waals surface area contributed by atoms with Gasteiger partial charge >= 0.3 is 0 Å². The van der Waals surface area contributed by atoms with E-state index in [-0.39, 0.29) is 0 Å². The van der Waals surface area contributed by atoms with Crippen molar-refractivity contribution in [3.05, 3.63) is 65.7 Å². The SMILES string of the molecule is Cc1cc(C)n(-c2cncc(N(Cc3ccccc3)C3CC3)n2)n1. The Balaban J connectivity index is 1.66. The van der Waals surface area contributed by atoms with E-state index in [4.69, 9.17) is 4.98 Å². The Labute approximate surface area is 142 Å². The van der Waals surface area contributed by atoms with Crippen LogP contribution in [0, 0.1) is 13.8 Å². The summed E-state index contributed by atoms with van der Waals surface area (Å²) in [5.74, 6) is 1.70. The van der Waals surface area contributed by atoms with Crippen molar-refractivity contribution in [3.8, 4) is 5.82 Å². The molecule has 4 rings (SSSR count). The third kappa shape index (κ3) is 3.02. The van der Waals surface area contributed by atoms with Crippen LogP contribution in [-0.2, 0) is 6.54 Å². The number of hydrogen-bond donors (Lipinski definition) is 0. The smallest absolute Gasteiger partial charge is 0.174 e. The van der Waals surface area contributed by atoms with Gasteiger partial charge in [-0.15, -0.1) is 0 Å². The van der Waals surface area contributed by atoms with E-state index in [0.717, 1.165) is 29.6 Å². The topological polar surface area (TPSA) is 46.8 Å². The van der Waals surface area contributed by atoms with Crippen molar-refractivity contribution in [3.63, 3.8) is 0 Å². The zero-order chi connectivity index (χ0) is 16.5. The van der Waals surface area contributed by atoms with Crippen LogP contribution in [0.5, 0.6) is 0 Å². The number of rotatable bonds is 5. The van der Waals surface area contributed by atoms with Crippen molar-refractivity contribution in [2.45, 2.75) is 39.3 Å². The molecule has 0 radical (unpaired) electrons. The second-order valence-electron chi connectivity index (χ2n) is 6.42. The van der Waals surface area contributed by atoms with Gasteiger partial charge in [0, 0.05) is 18.3 Å². The first-order chi connectivity index (χ1) is 11.7. The van der Waals surface area contributed by atoms with E-state index >= 15 is 0 Å². The number of benzene rings is 1. The van der Waals surface area contributed by atoms with E-state index in [1.54, 1.807) is 6.20 Å². The Hall–Kier alpha value is -2.69. The van der Waals surface area contributed by atoms with Crippen LogP contribution in [0.3, 0.4) is 0 Å². The summed E-state index contributed by atoms with van der Waals surface area (Å²) in [4.78, 5) is 11.6. The van der Waals surface area contributed by atoms with Gasteiger partial charge in [0.05, 0.1) is 18.1 Å². The highest BCUT2D eigenvalue weighted by Crippen LogP contribution is 2.32. The molecule has 2 heterocycles. The van der Waals surface area contributed by atoms with Gasteiger partial charge in [-0.25, -0.2) is 9.67 Å². The summed E-state index contributed by atoms with van der Waals surface area (Å²) in [6.07, 6.45) is 6.07. The second kappa shape index (κ2) is 6.07. The molecule has 1 fully saturated rings. The Kier molecular flexibility index (Phi) is 3.76. The summed E-state index contributed by atoms with van der Waals surface area (Å²) >= 11 is 0. The molecule has 24 heavy (non-hydrogen) atoms. The van der Waals surface area contributed by atoms with Crippen LogP contribution in [0.1, 0.15) is 29.8 Å². The summed E-state index contributed by atoms with van der Waals surface area (Å²) in [5, 5.41) is 4.52. The first kappa shape index (κ1) is 14.9. The second-order valence-corrected chi connectivity index (χ2v) is 6.42. The maximum Gasteiger partial charge on any atom is 0.174 e. The number of hydrogen-bond acceptors (Lipinski definition) is 4. The zero-order valence-electron chi connectivity index (χ0n) is 14.1. The first-order valence-corrected chi connectivity index (χ1v) is 8.37. The molecule has 0 N–H and O–H groups in total. The molecule has 122 valence electrons. The Morgan fingerprint density at radius 2 is 1.92 bits per heavy atom. The summed E-state index contributed by atoms with van der Waals surface area (Å²) in [6.45, 7) is 4.89. The van der Waals surface area contributed by atoms with Crippen molar-refractivity contribution in [1.82, 2.24) is 19.7 Å². The molecule has 1 aliphatic carbocycles. The summed E-state index contributed by atoms with van der Waals surface area (Å²) in [7, 11) is 0. The predicted octanol–water partition coefficient (Wildman–Crippen LogP) is 3.45. The Bertz CT molecular complexity index is 836. The quantitative estimate of drug-likeness (QED) is 0.722. The lowest BCUT2D eigenvalue weighted by Gasteiger charge is -2.23. The molecule has 0 saturated heterocycles. The van der Waals surface area contributed by atoms with Crippen molar-refractivity contribution in [2.24, 2.45) is 0 Å². The van der Waals surface area contributed by atoms with Gasteiger partial charge in [-0.2, -0.15) is 5.10 Å². The lowest BCUT2D eigenvalue weighted by molar-refractivity contribution is 0.751. The molecule has 1 aliphatic rings. The monoisotopic (exact) mass is 319 g/mol. The van der Waals surface area contributed by atoms with E-state index in [1.165, 1.54) is 18.4 Å². The minimum atomic E-state index is 0.565. The van der Waals surface area contributed by atoms with E-state index in [9.17, 15) is 0 Å². The summed E-state index contributed by atoms with van der Waals surface area (Å²) in [6, 6.07) is 13.2. The van der Waals surface area contributed by atoms with Crippen LogP contribution in [0.2, 0.25) is 0 Å². The highest BCUT2D eigenvalue weighted by molar-refractivity contribution is 5.43. The van der Waals surface area contributed by atoms with Gasteiger partial charge in [0.1, 0.15) is 5.82 Å².